The highest BCUT2D eigenvalue weighted by Gasteiger charge is 2.16. The predicted molar refractivity (Wildman–Crippen MR) is 101 cm³/mol. The van der Waals surface area contributed by atoms with Crippen LogP contribution in [0.4, 0.5) is 0 Å². The van der Waals surface area contributed by atoms with E-state index in [4.69, 9.17) is 4.74 Å². The number of hydrogen-bond donors (Lipinski definition) is 2. The van der Waals surface area contributed by atoms with Crippen LogP contribution in [0, 0.1) is 0 Å². The van der Waals surface area contributed by atoms with Gasteiger partial charge in [-0.05, 0) is 36.1 Å². The number of benzene rings is 2. The molecule has 0 atom stereocenters. The van der Waals surface area contributed by atoms with Crippen LogP contribution in [0.15, 0.2) is 53.4 Å². The van der Waals surface area contributed by atoms with Crippen molar-refractivity contribution < 1.29 is 14.4 Å². The third-order valence-electron chi connectivity index (χ3n) is 4.55. The van der Waals surface area contributed by atoms with E-state index in [9.17, 15) is 4.79 Å². The summed E-state index contributed by atoms with van der Waals surface area (Å²) in [6, 6.07) is 16.1. The van der Waals surface area contributed by atoms with E-state index in [-0.39, 0.29) is 5.91 Å². The summed E-state index contributed by atoms with van der Waals surface area (Å²) in [5.41, 5.74) is 3.20. The van der Waals surface area contributed by atoms with Crippen molar-refractivity contribution in [1.29, 1.82) is 0 Å². The molecule has 0 saturated carbocycles. The first kappa shape index (κ1) is 18.0. The number of carbonyl (C=O) groups excluding carboxylic acids is 1. The highest BCUT2D eigenvalue weighted by molar-refractivity contribution is 7.98. The van der Waals surface area contributed by atoms with Crippen molar-refractivity contribution in [2.45, 2.75) is 18.0 Å². The lowest BCUT2D eigenvalue weighted by atomic mass is 10.1. The van der Waals surface area contributed by atoms with Crippen molar-refractivity contribution in [3.63, 3.8) is 0 Å². The fourth-order valence-electron chi connectivity index (χ4n) is 3.03. The second-order valence-corrected chi connectivity index (χ2v) is 7.10. The summed E-state index contributed by atoms with van der Waals surface area (Å²) >= 11 is 1.67. The number of morpholine rings is 1. The van der Waals surface area contributed by atoms with Crippen LogP contribution in [-0.4, -0.2) is 38.5 Å². The molecule has 2 aromatic carbocycles. The molecule has 0 radical (unpaired) electrons. The van der Waals surface area contributed by atoms with E-state index >= 15 is 0 Å². The molecule has 0 unspecified atom stereocenters. The monoisotopic (exact) mass is 357 g/mol. The zero-order valence-corrected chi connectivity index (χ0v) is 15.4. The van der Waals surface area contributed by atoms with Crippen molar-refractivity contribution in [1.82, 2.24) is 5.32 Å². The molecule has 25 heavy (non-hydrogen) atoms. The second kappa shape index (κ2) is 9.04. The first-order valence-electron chi connectivity index (χ1n) is 8.66. The molecule has 4 nitrogen and oxygen atoms in total. The fraction of sp³-hybridized carbons (Fsp3) is 0.350. The zero-order valence-electron chi connectivity index (χ0n) is 14.6. The van der Waals surface area contributed by atoms with E-state index in [2.05, 4.69) is 23.5 Å². The molecule has 0 aliphatic carbocycles. The van der Waals surface area contributed by atoms with Crippen LogP contribution < -0.4 is 10.2 Å². The Bertz CT molecular complexity index is 697. The number of amides is 1. The van der Waals surface area contributed by atoms with E-state index in [1.807, 2.05) is 36.6 Å². The topological polar surface area (TPSA) is 42.8 Å². The molecule has 1 aliphatic heterocycles. The van der Waals surface area contributed by atoms with Crippen molar-refractivity contribution in [2.75, 3.05) is 32.6 Å². The third kappa shape index (κ3) is 5.08. The number of quaternary nitrogens is 1. The molecule has 2 N–H and O–H groups in total. The lowest BCUT2D eigenvalue weighted by Crippen LogP contribution is -3.12. The molecule has 0 aromatic heterocycles. The number of rotatable bonds is 6. The summed E-state index contributed by atoms with van der Waals surface area (Å²) in [6.45, 7) is 5.30. The van der Waals surface area contributed by atoms with Crippen LogP contribution >= 0.6 is 11.8 Å². The Balaban J connectivity index is 1.61. The van der Waals surface area contributed by atoms with E-state index < -0.39 is 0 Å². The molecule has 132 valence electrons. The van der Waals surface area contributed by atoms with Gasteiger partial charge in [0.25, 0.3) is 5.91 Å². The Labute approximate surface area is 153 Å². The summed E-state index contributed by atoms with van der Waals surface area (Å²) in [7, 11) is 0. The third-order valence-corrected chi connectivity index (χ3v) is 5.29. The molecule has 0 spiro atoms. The molecule has 5 heteroatoms. The lowest BCUT2D eigenvalue weighted by molar-refractivity contribution is -0.921. The van der Waals surface area contributed by atoms with Gasteiger partial charge in [-0.3, -0.25) is 4.79 Å². The number of thioether (sulfide) groups is 1. The minimum atomic E-state index is -0.0267. The highest BCUT2D eigenvalue weighted by atomic mass is 32.2. The standard InChI is InChI=1S/C20H24N2O2S/c1-25-19-8-6-16(7-9-19)20(23)21-14-17-4-2-3-5-18(17)15-22-10-12-24-13-11-22/h2-9H,10-15H2,1H3,(H,21,23)/p+1. The van der Waals surface area contributed by atoms with E-state index in [0.29, 0.717) is 12.1 Å². The normalized spacial score (nSPS) is 15.1. The minimum Gasteiger partial charge on any atom is -0.370 e. The van der Waals surface area contributed by atoms with Gasteiger partial charge >= 0.3 is 0 Å². The van der Waals surface area contributed by atoms with Gasteiger partial charge in [-0.15, -0.1) is 11.8 Å². The summed E-state index contributed by atoms with van der Waals surface area (Å²) in [4.78, 5) is 15.1. The Morgan fingerprint density at radius 3 is 2.44 bits per heavy atom. The van der Waals surface area contributed by atoms with E-state index in [1.54, 1.807) is 11.8 Å². The van der Waals surface area contributed by atoms with Crippen LogP contribution in [0.2, 0.25) is 0 Å². The Morgan fingerprint density at radius 1 is 1.08 bits per heavy atom. The molecule has 0 bridgehead atoms. The predicted octanol–water partition coefficient (Wildman–Crippen LogP) is 1.75. The molecular weight excluding hydrogens is 332 g/mol. The largest absolute Gasteiger partial charge is 0.370 e. The van der Waals surface area contributed by atoms with Gasteiger partial charge in [-0.1, -0.05) is 24.3 Å². The highest BCUT2D eigenvalue weighted by Crippen LogP contribution is 2.15. The smallest absolute Gasteiger partial charge is 0.251 e. The molecule has 1 aliphatic rings. The zero-order chi connectivity index (χ0) is 17.5. The number of ether oxygens (including phenoxy) is 1. The van der Waals surface area contributed by atoms with Gasteiger partial charge in [0.05, 0.1) is 13.2 Å². The van der Waals surface area contributed by atoms with Gasteiger partial charge in [0, 0.05) is 22.6 Å². The SMILES string of the molecule is CSc1ccc(C(=O)NCc2ccccc2C[NH+]2CCOCC2)cc1. The van der Waals surface area contributed by atoms with Gasteiger partial charge in [0.15, 0.2) is 0 Å². The fourth-order valence-corrected chi connectivity index (χ4v) is 3.44. The molecule has 2 aromatic rings. The maximum atomic E-state index is 12.4. The molecule has 1 saturated heterocycles. The summed E-state index contributed by atoms with van der Waals surface area (Å²) in [6.07, 6.45) is 2.03. The molecule has 1 amide bonds. The maximum absolute atomic E-state index is 12.4. The van der Waals surface area contributed by atoms with Crippen LogP contribution in [0.3, 0.4) is 0 Å². The van der Waals surface area contributed by atoms with Gasteiger partial charge in [-0.25, -0.2) is 0 Å². The van der Waals surface area contributed by atoms with E-state index in [1.165, 1.54) is 16.0 Å². The lowest BCUT2D eigenvalue weighted by Gasteiger charge is -2.24. The Kier molecular flexibility index (Phi) is 6.50. The van der Waals surface area contributed by atoms with Crippen LogP contribution in [-0.2, 0) is 17.8 Å². The van der Waals surface area contributed by atoms with Gasteiger partial charge in [0.2, 0.25) is 0 Å². The Hall–Kier alpha value is -1.82. The average molecular weight is 357 g/mol. The average Bonchev–Trinajstić information content (AvgIpc) is 2.68. The first-order chi connectivity index (χ1) is 12.3. The number of nitrogens with one attached hydrogen (secondary N) is 2. The number of carbonyl (C=O) groups is 1. The minimum absolute atomic E-state index is 0.0267. The summed E-state index contributed by atoms with van der Waals surface area (Å²) in [5, 5.41) is 3.05. The van der Waals surface area contributed by atoms with E-state index in [0.717, 1.165) is 37.7 Å². The first-order valence-corrected chi connectivity index (χ1v) is 9.89. The quantitative estimate of drug-likeness (QED) is 0.774. The number of hydrogen-bond acceptors (Lipinski definition) is 3. The summed E-state index contributed by atoms with van der Waals surface area (Å²) in [5.74, 6) is -0.0267. The molecule has 1 heterocycles. The van der Waals surface area contributed by atoms with Crippen LogP contribution in [0.1, 0.15) is 21.5 Å². The Morgan fingerprint density at radius 2 is 1.76 bits per heavy atom. The molecule has 3 rings (SSSR count). The van der Waals surface area contributed by atoms with Gasteiger partial charge in [0.1, 0.15) is 19.6 Å². The molecular formula is C20H25N2O2S+. The van der Waals surface area contributed by atoms with Crippen molar-refractivity contribution in [3.05, 3.63) is 65.2 Å². The van der Waals surface area contributed by atoms with Crippen molar-refractivity contribution in [2.24, 2.45) is 0 Å². The molecule has 1 fully saturated rings. The van der Waals surface area contributed by atoms with Gasteiger partial charge < -0.3 is 15.0 Å². The van der Waals surface area contributed by atoms with Crippen molar-refractivity contribution in [3.8, 4) is 0 Å². The maximum Gasteiger partial charge on any atom is 0.251 e. The van der Waals surface area contributed by atoms with Crippen molar-refractivity contribution >= 4 is 17.7 Å². The second-order valence-electron chi connectivity index (χ2n) is 6.22. The van der Waals surface area contributed by atoms with Crippen LogP contribution in [0.5, 0.6) is 0 Å². The summed E-state index contributed by atoms with van der Waals surface area (Å²) < 4.78 is 5.43. The van der Waals surface area contributed by atoms with Crippen LogP contribution in [0.25, 0.3) is 0 Å². The van der Waals surface area contributed by atoms with Gasteiger partial charge in [-0.2, -0.15) is 0 Å².